The van der Waals surface area contributed by atoms with Crippen LogP contribution in [-0.4, -0.2) is 72.2 Å². The molecule has 6 unspecified atom stereocenters. The lowest BCUT2D eigenvalue weighted by Crippen LogP contribution is -2.70. The number of amides is 1. The summed E-state index contributed by atoms with van der Waals surface area (Å²) in [7, 11) is 1.55. The van der Waals surface area contributed by atoms with Gasteiger partial charge in [-0.05, 0) is 96.5 Å². The van der Waals surface area contributed by atoms with Crippen molar-refractivity contribution in [3.63, 3.8) is 0 Å². The Labute approximate surface area is 360 Å². The molecule has 10 nitrogen and oxygen atoms in total. The SMILES string of the molecule is C=CCOC12Oc3ccc(Oc4ccc(-c5ccccc5)cc4)cc3C3C(CCCCO)C(CCCCO)C=C(C(=NOC)CC1N(CCC)C(=O)OCc1ccccc1)C32. The highest BCUT2D eigenvalue weighted by molar-refractivity contribution is 6.03. The third-order valence-electron chi connectivity index (χ3n) is 12.3. The molecule has 0 saturated heterocycles. The van der Waals surface area contributed by atoms with E-state index < -0.39 is 23.8 Å². The summed E-state index contributed by atoms with van der Waals surface area (Å²) in [6, 6.07) is 33.4. The van der Waals surface area contributed by atoms with Crippen molar-refractivity contribution in [3.8, 4) is 28.4 Å². The largest absolute Gasteiger partial charge is 0.459 e. The summed E-state index contributed by atoms with van der Waals surface area (Å²) in [5, 5.41) is 24.5. The molecule has 1 fully saturated rings. The fourth-order valence-corrected chi connectivity index (χ4v) is 9.72. The van der Waals surface area contributed by atoms with Gasteiger partial charge < -0.3 is 34.0 Å². The van der Waals surface area contributed by atoms with Crippen molar-refractivity contribution in [2.24, 2.45) is 22.9 Å². The van der Waals surface area contributed by atoms with Gasteiger partial charge in [-0.3, -0.25) is 4.90 Å². The second-order valence-corrected chi connectivity index (χ2v) is 16.2. The minimum Gasteiger partial charge on any atom is -0.459 e. The third kappa shape index (κ3) is 9.72. The van der Waals surface area contributed by atoms with Crippen molar-refractivity contribution in [1.29, 1.82) is 0 Å². The van der Waals surface area contributed by atoms with Gasteiger partial charge >= 0.3 is 6.09 Å². The third-order valence-corrected chi connectivity index (χ3v) is 12.3. The highest BCUT2D eigenvalue weighted by Gasteiger charge is 2.65. The molecule has 1 saturated carbocycles. The number of unbranched alkanes of at least 4 members (excludes halogenated alkanes) is 2. The molecular weight excluding hydrogens is 769 g/mol. The van der Waals surface area contributed by atoms with E-state index in [-0.39, 0.29) is 44.2 Å². The van der Waals surface area contributed by atoms with Crippen molar-refractivity contribution >= 4 is 11.8 Å². The van der Waals surface area contributed by atoms with E-state index in [2.05, 4.69) is 48.1 Å². The lowest BCUT2D eigenvalue weighted by molar-refractivity contribution is -0.255. The van der Waals surface area contributed by atoms with Crippen LogP contribution in [0.15, 0.2) is 133 Å². The van der Waals surface area contributed by atoms with Crippen LogP contribution < -0.4 is 9.47 Å². The number of aliphatic hydroxyl groups is 2. The molecule has 4 aromatic rings. The standard InChI is InChI=1S/C51H60N2O8/c1-4-28-53(50(56)58-35-36-16-8-6-9-17-36)47-34-45(52-57-3)43-32-39(20-12-14-29-54)42(21-13-15-30-55)48-44-33-41(26-27-46(44)61-51(47,49(43)48)59-31-5-2)60-40-24-22-38(23-25-40)37-18-10-7-11-19-37/h5-11,16-19,22-27,32-33,39,42,47-49,54-55H,2,4,12-15,20-21,28-31,34-35H2,1,3H3. The number of carbonyl (C=O) groups is 1. The molecule has 61 heavy (non-hydrogen) atoms. The van der Waals surface area contributed by atoms with Gasteiger partial charge in [0.25, 0.3) is 0 Å². The van der Waals surface area contributed by atoms with E-state index in [1.807, 2.05) is 79.7 Å². The second kappa shape index (κ2) is 20.9. The second-order valence-electron chi connectivity index (χ2n) is 16.2. The van der Waals surface area contributed by atoms with Crippen LogP contribution in [0.2, 0.25) is 0 Å². The molecule has 1 amide bonds. The van der Waals surface area contributed by atoms with E-state index in [0.29, 0.717) is 49.5 Å². The summed E-state index contributed by atoms with van der Waals surface area (Å²) in [6.45, 7) is 6.99. The first kappa shape index (κ1) is 43.7. The van der Waals surface area contributed by atoms with Gasteiger partial charge in [0, 0.05) is 37.7 Å². The smallest absolute Gasteiger partial charge is 0.410 e. The lowest BCUT2D eigenvalue weighted by atomic mass is 9.55. The molecule has 322 valence electrons. The number of allylic oxidation sites excluding steroid dienone is 1. The molecule has 7 rings (SSSR count). The minimum absolute atomic E-state index is 0.0842. The van der Waals surface area contributed by atoms with E-state index in [1.165, 1.54) is 0 Å². The van der Waals surface area contributed by atoms with Gasteiger partial charge in [-0.1, -0.05) is 110 Å². The summed E-state index contributed by atoms with van der Waals surface area (Å²) in [5.41, 5.74) is 5.81. The molecule has 0 bridgehead atoms. The number of aliphatic hydroxyl groups excluding tert-OH is 2. The molecule has 4 aromatic carbocycles. The summed E-state index contributed by atoms with van der Waals surface area (Å²) < 4.78 is 27.0. The van der Waals surface area contributed by atoms with E-state index >= 15 is 0 Å². The van der Waals surface area contributed by atoms with Crippen LogP contribution >= 0.6 is 0 Å². The summed E-state index contributed by atoms with van der Waals surface area (Å²) in [5.74, 6) is 0.264. The Morgan fingerprint density at radius 3 is 2.28 bits per heavy atom. The number of carbonyl (C=O) groups excluding carboxylic acids is 1. The van der Waals surface area contributed by atoms with Crippen molar-refractivity contribution in [2.75, 3.05) is 33.5 Å². The van der Waals surface area contributed by atoms with Gasteiger partial charge in [0.2, 0.25) is 5.79 Å². The van der Waals surface area contributed by atoms with Gasteiger partial charge in [-0.25, -0.2) is 4.79 Å². The monoisotopic (exact) mass is 828 g/mol. The number of oxime groups is 1. The average molecular weight is 829 g/mol. The summed E-state index contributed by atoms with van der Waals surface area (Å²) in [6.07, 6.45) is 9.29. The molecule has 3 aliphatic rings. The molecule has 6 atom stereocenters. The van der Waals surface area contributed by atoms with Gasteiger partial charge in [-0.2, -0.15) is 0 Å². The summed E-state index contributed by atoms with van der Waals surface area (Å²) in [4.78, 5) is 21.8. The van der Waals surface area contributed by atoms with Gasteiger partial charge in [-0.15, -0.1) is 6.58 Å². The van der Waals surface area contributed by atoms with Gasteiger partial charge in [0.05, 0.1) is 18.2 Å². The highest BCUT2D eigenvalue weighted by Crippen LogP contribution is 2.62. The topological polar surface area (TPSA) is 119 Å². The van der Waals surface area contributed by atoms with Crippen LogP contribution in [0.3, 0.4) is 0 Å². The first-order chi connectivity index (χ1) is 29.9. The van der Waals surface area contributed by atoms with E-state index in [4.69, 9.17) is 23.8 Å². The Balaban J connectivity index is 1.36. The molecule has 10 heteroatoms. The number of hydrogen-bond acceptors (Lipinski definition) is 9. The van der Waals surface area contributed by atoms with Gasteiger partial charge in [0.15, 0.2) is 0 Å². The van der Waals surface area contributed by atoms with Crippen molar-refractivity contribution in [2.45, 2.75) is 82.6 Å². The molecule has 0 aromatic heterocycles. The van der Waals surface area contributed by atoms with E-state index in [9.17, 15) is 15.0 Å². The van der Waals surface area contributed by atoms with Crippen molar-refractivity contribution < 1.29 is 38.8 Å². The van der Waals surface area contributed by atoms with Crippen LogP contribution in [-0.2, 0) is 20.9 Å². The van der Waals surface area contributed by atoms with Crippen molar-refractivity contribution in [1.82, 2.24) is 4.90 Å². The Morgan fingerprint density at radius 1 is 0.902 bits per heavy atom. The number of rotatable bonds is 20. The number of fused-ring (bicyclic) bond motifs is 2. The first-order valence-corrected chi connectivity index (χ1v) is 21.9. The number of ether oxygens (including phenoxy) is 4. The van der Waals surface area contributed by atoms with E-state index in [1.54, 1.807) is 18.1 Å². The maximum absolute atomic E-state index is 14.4. The quantitative estimate of drug-likeness (QED) is 0.0514. The number of hydrogen-bond donors (Lipinski definition) is 2. The van der Waals surface area contributed by atoms with Crippen LogP contribution in [0, 0.1) is 17.8 Å². The number of benzene rings is 4. The molecule has 0 radical (unpaired) electrons. The molecule has 1 heterocycles. The van der Waals surface area contributed by atoms with Crippen molar-refractivity contribution in [3.05, 3.63) is 139 Å². The molecular formula is C51H60N2O8. The summed E-state index contributed by atoms with van der Waals surface area (Å²) >= 11 is 0. The molecule has 2 aliphatic carbocycles. The Morgan fingerprint density at radius 2 is 1.59 bits per heavy atom. The Hall–Kier alpha value is -5.42. The zero-order valence-electron chi connectivity index (χ0n) is 35.5. The van der Waals surface area contributed by atoms with Crippen LogP contribution in [0.5, 0.6) is 17.2 Å². The minimum atomic E-state index is -1.37. The Bertz CT molecular complexity index is 2110. The molecule has 2 N–H and O–H groups in total. The first-order valence-electron chi connectivity index (χ1n) is 21.9. The normalized spacial score (nSPS) is 23.2. The maximum Gasteiger partial charge on any atom is 0.410 e. The zero-order chi connectivity index (χ0) is 42.6. The maximum atomic E-state index is 14.4. The number of nitrogens with zero attached hydrogens (tertiary/aromatic N) is 2. The van der Waals surface area contributed by atoms with Crippen LogP contribution in [0.4, 0.5) is 4.79 Å². The zero-order valence-corrected chi connectivity index (χ0v) is 35.5. The molecule has 0 spiro atoms. The van der Waals surface area contributed by atoms with Gasteiger partial charge in [0.1, 0.15) is 37.0 Å². The van der Waals surface area contributed by atoms with Crippen LogP contribution in [0.1, 0.15) is 75.3 Å². The fraction of sp³-hybridized carbons (Fsp3) is 0.412. The predicted octanol–water partition coefficient (Wildman–Crippen LogP) is 10.5. The Kier molecular flexibility index (Phi) is 15.0. The predicted molar refractivity (Wildman–Crippen MR) is 238 cm³/mol. The highest BCUT2D eigenvalue weighted by atomic mass is 16.7. The van der Waals surface area contributed by atoms with Crippen LogP contribution in [0.25, 0.3) is 11.1 Å². The fourth-order valence-electron chi connectivity index (χ4n) is 9.72. The van der Waals surface area contributed by atoms with E-state index in [0.717, 1.165) is 59.2 Å². The molecule has 1 aliphatic heterocycles. The lowest BCUT2D eigenvalue weighted by Gasteiger charge is -2.59. The average Bonchev–Trinajstić information content (AvgIpc) is 3.29.